The van der Waals surface area contributed by atoms with Gasteiger partial charge in [-0.2, -0.15) is 0 Å². The van der Waals surface area contributed by atoms with E-state index < -0.39 is 0 Å². The Morgan fingerprint density at radius 2 is 1.95 bits per heavy atom. The van der Waals surface area contributed by atoms with Gasteiger partial charge >= 0.3 is 0 Å². The Bertz CT molecular complexity index is 411. The van der Waals surface area contributed by atoms with Crippen molar-refractivity contribution in [3.05, 3.63) is 29.8 Å². The second-order valence-electron chi connectivity index (χ2n) is 5.35. The van der Waals surface area contributed by atoms with Crippen molar-refractivity contribution in [2.75, 3.05) is 0 Å². The minimum Gasteiger partial charge on any atom is -0.488 e. The molecule has 3 nitrogen and oxygen atoms in total. The fourth-order valence-corrected chi connectivity index (χ4v) is 2.44. The first-order valence-electron chi connectivity index (χ1n) is 7.08. The zero-order valence-corrected chi connectivity index (χ0v) is 11.5. The molecule has 0 amide bonds. The van der Waals surface area contributed by atoms with E-state index in [0.717, 1.165) is 43.4 Å². The molecular weight excluding hydrogens is 240 g/mol. The van der Waals surface area contributed by atoms with Gasteiger partial charge in [0.25, 0.3) is 0 Å². The minimum absolute atomic E-state index is 0.0724. The van der Waals surface area contributed by atoms with Crippen molar-refractivity contribution in [3.63, 3.8) is 0 Å². The number of carbonyl (C=O) groups is 1. The number of rotatable bonds is 5. The lowest BCUT2D eigenvalue weighted by Gasteiger charge is -2.28. The van der Waals surface area contributed by atoms with E-state index >= 15 is 0 Å². The van der Waals surface area contributed by atoms with Gasteiger partial charge in [-0.15, -0.1) is 0 Å². The van der Waals surface area contributed by atoms with Gasteiger partial charge in [-0.1, -0.05) is 18.6 Å². The predicted molar refractivity (Wildman–Crippen MR) is 74.3 cm³/mol. The van der Waals surface area contributed by atoms with Crippen molar-refractivity contribution in [2.45, 2.75) is 57.7 Å². The van der Waals surface area contributed by atoms with Gasteiger partial charge in [-0.3, -0.25) is 0 Å². The lowest BCUT2D eigenvalue weighted by molar-refractivity contribution is -0.116. The summed E-state index contributed by atoms with van der Waals surface area (Å²) in [7, 11) is 0. The third-order valence-electron chi connectivity index (χ3n) is 3.64. The molecule has 2 atom stereocenters. The van der Waals surface area contributed by atoms with Gasteiger partial charge in [-0.05, 0) is 50.3 Å². The highest BCUT2D eigenvalue weighted by Crippen LogP contribution is 2.24. The molecule has 3 heteroatoms. The second-order valence-corrected chi connectivity index (χ2v) is 5.35. The molecule has 1 aliphatic rings. The third-order valence-corrected chi connectivity index (χ3v) is 3.64. The van der Waals surface area contributed by atoms with Gasteiger partial charge in [0.1, 0.15) is 17.6 Å². The summed E-state index contributed by atoms with van der Waals surface area (Å²) in [5.74, 6) is 1.02. The smallest absolute Gasteiger partial charge is 0.130 e. The highest BCUT2D eigenvalue weighted by atomic mass is 16.5. The van der Waals surface area contributed by atoms with Gasteiger partial charge in [0.05, 0.1) is 6.10 Å². The lowest BCUT2D eigenvalue weighted by atomic mass is 9.95. The van der Waals surface area contributed by atoms with Gasteiger partial charge in [0.15, 0.2) is 0 Å². The number of carbonyl (C=O) groups excluding carboxylic acids is 1. The Kier molecular flexibility index (Phi) is 4.97. The molecule has 1 aromatic carbocycles. The third kappa shape index (κ3) is 4.35. The largest absolute Gasteiger partial charge is 0.488 e. The van der Waals surface area contributed by atoms with E-state index in [0.29, 0.717) is 6.42 Å². The molecule has 0 radical (unpaired) electrons. The van der Waals surface area contributed by atoms with Crippen LogP contribution < -0.4 is 4.74 Å². The van der Waals surface area contributed by atoms with Gasteiger partial charge in [0, 0.05) is 6.42 Å². The molecule has 0 saturated heterocycles. The standard InChI is InChI=1S/C16H22O3/c1-12(17)6-7-13-8-10-14(11-9-13)19-16-5-3-2-4-15(16)18/h8-11,15-16,18H,2-7H2,1H3. The molecule has 0 aromatic heterocycles. The van der Waals surface area contributed by atoms with Crippen molar-refractivity contribution in [2.24, 2.45) is 0 Å². The van der Waals surface area contributed by atoms with Crippen LogP contribution in [0.2, 0.25) is 0 Å². The second kappa shape index (κ2) is 6.71. The van der Waals surface area contributed by atoms with Crippen LogP contribution in [0.5, 0.6) is 5.75 Å². The highest BCUT2D eigenvalue weighted by molar-refractivity contribution is 5.75. The lowest BCUT2D eigenvalue weighted by Crippen LogP contribution is -2.34. The van der Waals surface area contributed by atoms with E-state index in [1.807, 2.05) is 24.3 Å². The summed E-state index contributed by atoms with van der Waals surface area (Å²) in [6, 6.07) is 7.84. The van der Waals surface area contributed by atoms with Crippen molar-refractivity contribution in [1.29, 1.82) is 0 Å². The fraction of sp³-hybridized carbons (Fsp3) is 0.562. The van der Waals surface area contributed by atoms with E-state index in [9.17, 15) is 9.90 Å². The molecule has 1 N–H and O–H groups in total. The molecule has 1 fully saturated rings. The summed E-state index contributed by atoms with van der Waals surface area (Å²) in [5.41, 5.74) is 1.15. The molecule has 1 aliphatic carbocycles. The fourth-order valence-electron chi connectivity index (χ4n) is 2.44. The van der Waals surface area contributed by atoms with Crippen LogP contribution in [0.3, 0.4) is 0 Å². The maximum atomic E-state index is 10.9. The van der Waals surface area contributed by atoms with E-state index in [2.05, 4.69) is 0 Å². The van der Waals surface area contributed by atoms with E-state index in [1.165, 1.54) is 0 Å². The van der Waals surface area contributed by atoms with Crippen molar-refractivity contribution in [3.8, 4) is 5.75 Å². The summed E-state index contributed by atoms with van der Waals surface area (Å²) in [6.07, 6.45) is 4.92. The van der Waals surface area contributed by atoms with Gasteiger partial charge in [-0.25, -0.2) is 0 Å². The first kappa shape index (κ1) is 14.1. The Morgan fingerprint density at radius 1 is 1.26 bits per heavy atom. The number of hydrogen-bond acceptors (Lipinski definition) is 3. The molecule has 0 bridgehead atoms. The normalized spacial score (nSPS) is 23.1. The summed E-state index contributed by atoms with van der Waals surface area (Å²) >= 11 is 0. The first-order chi connectivity index (χ1) is 9.15. The van der Waals surface area contributed by atoms with Crippen LogP contribution in [0.25, 0.3) is 0 Å². The van der Waals surface area contributed by atoms with Gasteiger partial charge in [0.2, 0.25) is 0 Å². The average Bonchev–Trinajstić information content (AvgIpc) is 2.40. The number of Topliss-reactive ketones (excluding diaryl/α,β-unsaturated/α-hetero) is 1. The minimum atomic E-state index is -0.342. The van der Waals surface area contributed by atoms with Crippen LogP contribution in [-0.4, -0.2) is 23.1 Å². The summed E-state index contributed by atoms with van der Waals surface area (Å²) in [5, 5.41) is 9.87. The number of aryl methyl sites for hydroxylation is 1. The Balaban J connectivity index is 1.89. The quantitative estimate of drug-likeness (QED) is 0.887. The van der Waals surface area contributed by atoms with Crippen LogP contribution in [0, 0.1) is 0 Å². The molecule has 1 saturated carbocycles. The number of aliphatic hydroxyl groups is 1. The zero-order chi connectivity index (χ0) is 13.7. The maximum absolute atomic E-state index is 10.9. The van der Waals surface area contributed by atoms with Crippen LogP contribution in [0.15, 0.2) is 24.3 Å². The molecule has 104 valence electrons. The average molecular weight is 262 g/mol. The molecule has 0 aliphatic heterocycles. The molecule has 0 heterocycles. The number of ketones is 1. The predicted octanol–water partition coefficient (Wildman–Crippen LogP) is 2.89. The number of benzene rings is 1. The molecule has 0 spiro atoms. The number of aliphatic hydroxyl groups excluding tert-OH is 1. The van der Waals surface area contributed by atoms with E-state index in [4.69, 9.17) is 4.74 Å². The summed E-state index contributed by atoms with van der Waals surface area (Å²) in [6.45, 7) is 1.61. The summed E-state index contributed by atoms with van der Waals surface area (Å²) < 4.78 is 5.83. The van der Waals surface area contributed by atoms with Crippen molar-refractivity contribution in [1.82, 2.24) is 0 Å². The molecule has 19 heavy (non-hydrogen) atoms. The topological polar surface area (TPSA) is 46.5 Å². The highest BCUT2D eigenvalue weighted by Gasteiger charge is 2.24. The SMILES string of the molecule is CC(=O)CCc1ccc(OC2CCCCC2O)cc1. The van der Waals surface area contributed by atoms with Crippen LogP contribution in [-0.2, 0) is 11.2 Å². The van der Waals surface area contributed by atoms with Crippen LogP contribution >= 0.6 is 0 Å². The number of hydrogen-bond donors (Lipinski definition) is 1. The van der Waals surface area contributed by atoms with E-state index in [-0.39, 0.29) is 18.0 Å². The van der Waals surface area contributed by atoms with Crippen LogP contribution in [0.1, 0.15) is 44.6 Å². The van der Waals surface area contributed by atoms with Crippen LogP contribution in [0.4, 0.5) is 0 Å². The summed E-state index contributed by atoms with van der Waals surface area (Å²) in [4.78, 5) is 10.9. The molecular formula is C16H22O3. The maximum Gasteiger partial charge on any atom is 0.130 e. The first-order valence-corrected chi connectivity index (χ1v) is 7.08. The Labute approximate surface area is 114 Å². The zero-order valence-electron chi connectivity index (χ0n) is 11.5. The number of ether oxygens (including phenoxy) is 1. The molecule has 2 rings (SSSR count). The van der Waals surface area contributed by atoms with Gasteiger partial charge < -0.3 is 14.6 Å². The van der Waals surface area contributed by atoms with E-state index in [1.54, 1.807) is 6.92 Å². The Hall–Kier alpha value is -1.35. The molecule has 2 unspecified atom stereocenters. The van der Waals surface area contributed by atoms with Crippen molar-refractivity contribution >= 4 is 5.78 Å². The Morgan fingerprint density at radius 3 is 2.58 bits per heavy atom. The monoisotopic (exact) mass is 262 g/mol. The van der Waals surface area contributed by atoms with Crippen molar-refractivity contribution < 1.29 is 14.6 Å². The molecule has 1 aromatic rings.